The smallest absolute Gasteiger partial charge is 0.337 e. The summed E-state index contributed by atoms with van der Waals surface area (Å²) >= 11 is 3.35. The molecule has 0 N–H and O–H groups in total. The first-order valence-corrected chi connectivity index (χ1v) is 6.94. The molecule has 1 heterocycles. The van der Waals surface area contributed by atoms with Crippen LogP contribution in [0.1, 0.15) is 29.3 Å². The summed E-state index contributed by atoms with van der Waals surface area (Å²) in [6.07, 6.45) is 0.261. The number of benzene rings is 1. The van der Waals surface area contributed by atoms with Gasteiger partial charge >= 0.3 is 5.97 Å². The Morgan fingerprint density at radius 3 is 2.65 bits per heavy atom. The second-order valence-electron chi connectivity index (χ2n) is 4.72. The fourth-order valence-electron chi connectivity index (χ4n) is 2.11. The number of carbonyl (C=O) groups is 3. The largest absolute Gasteiger partial charge is 0.465 e. The van der Waals surface area contributed by atoms with Crippen LogP contribution in [0.2, 0.25) is 0 Å². The molecule has 2 rings (SSSR count). The van der Waals surface area contributed by atoms with Crippen molar-refractivity contribution in [3.05, 3.63) is 33.8 Å². The summed E-state index contributed by atoms with van der Waals surface area (Å²) in [6.45, 7) is 1.96. The van der Waals surface area contributed by atoms with Crippen molar-refractivity contribution in [1.29, 1.82) is 0 Å². The Labute approximate surface area is 125 Å². The lowest BCUT2D eigenvalue weighted by molar-refractivity contribution is -0.139. The minimum atomic E-state index is -0.431. The molecule has 6 heteroatoms. The second-order valence-corrected chi connectivity index (χ2v) is 5.58. The van der Waals surface area contributed by atoms with E-state index in [0.29, 0.717) is 10.0 Å². The van der Waals surface area contributed by atoms with E-state index < -0.39 is 5.97 Å². The number of ether oxygens (including phenoxy) is 1. The number of carbonyl (C=O) groups excluding carboxylic acids is 3. The molecule has 1 aromatic rings. The predicted molar refractivity (Wildman–Crippen MR) is 74.8 cm³/mol. The molecule has 1 aromatic carbocycles. The fraction of sp³-hybridized carbons (Fsp3) is 0.357. The van der Waals surface area contributed by atoms with E-state index in [1.165, 1.54) is 12.0 Å². The number of nitrogens with zero attached hydrogens (tertiary/aromatic N) is 1. The Kier molecular flexibility index (Phi) is 4.23. The van der Waals surface area contributed by atoms with E-state index in [0.717, 1.165) is 5.56 Å². The van der Waals surface area contributed by atoms with Gasteiger partial charge in [0, 0.05) is 16.8 Å². The number of methoxy groups -OCH3 is 1. The van der Waals surface area contributed by atoms with Crippen molar-refractivity contribution in [1.82, 2.24) is 4.90 Å². The first kappa shape index (κ1) is 14.7. The molecule has 0 bridgehead atoms. The van der Waals surface area contributed by atoms with Gasteiger partial charge in [-0.2, -0.15) is 0 Å². The Morgan fingerprint density at radius 2 is 2.15 bits per heavy atom. The molecule has 1 saturated heterocycles. The van der Waals surface area contributed by atoms with Gasteiger partial charge in [-0.3, -0.25) is 14.5 Å². The van der Waals surface area contributed by atoms with Crippen LogP contribution >= 0.6 is 15.9 Å². The van der Waals surface area contributed by atoms with E-state index in [-0.39, 0.29) is 30.7 Å². The summed E-state index contributed by atoms with van der Waals surface area (Å²) < 4.78 is 5.30. The van der Waals surface area contributed by atoms with E-state index in [9.17, 15) is 14.4 Å². The van der Waals surface area contributed by atoms with Crippen LogP contribution < -0.4 is 0 Å². The van der Waals surface area contributed by atoms with Crippen molar-refractivity contribution < 1.29 is 19.1 Å². The highest BCUT2D eigenvalue weighted by Gasteiger charge is 2.35. The van der Waals surface area contributed by atoms with Crippen LogP contribution in [-0.2, 0) is 20.9 Å². The van der Waals surface area contributed by atoms with E-state index >= 15 is 0 Å². The minimum Gasteiger partial charge on any atom is -0.465 e. The monoisotopic (exact) mass is 339 g/mol. The third-order valence-corrected chi connectivity index (χ3v) is 4.01. The maximum Gasteiger partial charge on any atom is 0.337 e. The van der Waals surface area contributed by atoms with Crippen LogP contribution in [-0.4, -0.2) is 29.8 Å². The summed E-state index contributed by atoms with van der Waals surface area (Å²) in [5.74, 6) is -1.000. The maximum atomic E-state index is 11.9. The summed E-state index contributed by atoms with van der Waals surface area (Å²) in [5, 5.41) is 0. The molecule has 20 heavy (non-hydrogen) atoms. The third-order valence-electron chi connectivity index (χ3n) is 3.27. The van der Waals surface area contributed by atoms with Gasteiger partial charge in [0.25, 0.3) is 0 Å². The van der Waals surface area contributed by atoms with Gasteiger partial charge in [-0.1, -0.05) is 28.9 Å². The van der Waals surface area contributed by atoms with Gasteiger partial charge in [0.1, 0.15) is 0 Å². The number of rotatable bonds is 3. The normalized spacial score (nSPS) is 18.6. The number of likely N-dealkylation sites (tertiary alicyclic amines) is 1. The molecule has 0 spiro atoms. The molecule has 1 aliphatic heterocycles. The van der Waals surface area contributed by atoms with Gasteiger partial charge in [-0.15, -0.1) is 0 Å². The average molecular weight is 340 g/mol. The average Bonchev–Trinajstić information content (AvgIpc) is 2.66. The van der Waals surface area contributed by atoms with Crippen LogP contribution in [0.5, 0.6) is 0 Å². The predicted octanol–water partition coefficient (Wildman–Crippen LogP) is 2.13. The molecule has 0 aliphatic carbocycles. The summed E-state index contributed by atoms with van der Waals surface area (Å²) in [5.41, 5.74) is 1.18. The van der Waals surface area contributed by atoms with Crippen molar-refractivity contribution in [3.8, 4) is 0 Å². The van der Waals surface area contributed by atoms with Gasteiger partial charge in [0.15, 0.2) is 0 Å². The van der Waals surface area contributed by atoms with Gasteiger partial charge in [0.05, 0.1) is 19.2 Å². The van der Waals surface area contributed by atoms with Crippen LogP contribution in [0.3, 0.4) is 0 Å². The van der Waals surface area contributed by atoms with Crippen molar-refractivity contribution in [2.24, 2.45) is 5.92 Å². The van der Waals surface area contributed by atoms with Gasteiger partial charge < -0.3 is 4.74 Å². The third kappa shape index (κ3) is 2.75. The molecule has 1 aliphatic rings. The lowest BCUT2D eigenvalue weighted by Gasteiger charge is -2.15. The molecule has 1 unspecified atom stereocenters. The first-order chi connectivity index (χ1) is 9.43. The highest BCUT2D eigenvalue weighted by molar-refractivity contribution is 9.10. The lowest BCUT2D eigenvalue weighted by Crippen LogP contribution is -2.29. The summed E-state index contributed by atoms with van der Waals surface area (Å²) in [6, 6.07) is 4.94. The molecule has 2 amide bonds. The van der Waals surface area contributed by atoms with Gasteiger partial charge in [0.2, 0.25) is 11.8 Å². The topological polar surface area (TPSA) is 63.7 Å². The van der Waals surface area contributed by atoms with Crippen molar-refractivity contribution in [3.63, 3.8) is 0 Å². The standard InChI is InChI=1S/C14H14BrNO4/c1-8-5-12(17)16(13(8)18)7-10-4-3-9(6-11(10)15)14(19)20-2/h3-4,6,8H,5,7H2,1-2H3. The number of imide groups is 1. The van der Waals surface area contributed by atoms with E-state index in [1.807, 2.05) is 0 Å². The molecule has 0 saturated carbocycles. The van der Waals surface area contributed by atoms with Crippen molar-refractivity contribution in [2.75, 3.05) is 7.11 Å². The molecular weight excluding hydrogens is 326 g/mol. The number of hydrogen-bond donors (Lipinski definition) is 0. The highest BCUT2D eigenvalue weighted by Crippen LogP contribution is 2.25. The Morgan fingerprint density at radius 1 is 1.45 bits per heavy atom. The molecule has 5 nitrogen and oxygen atoms in total. The summed E-state index contributed by atoms with van der Waals surface area (Å²) in [7, 11) is 1.31. The van der Waals surface area contributed by atoms with E-state index in [4.69, 9.17) is 0 Å². The van der Waals surface area contributed by atoms with Crippen molar-refractivity contribution in [2.45, 2.75) is 19.9 Å². The zero-order valence-electron chi connectivity index (χ0n) is 11.2. The molecular formula is C14H14BrNO4. The van der Waals surface area contributed by atoms with Crippen molar-refractivity contribution >= 4 is 33.7 Å². The van der Waals surface area contributed by atoms with Gasteiger partial charge in [-0.25, -0.2) is 4.79 Å². The minimum absolute atomic E-state index is 0.154. The van der Waals surface area contributed by atoms with Crippen LogP contribution in [0, 0.1) is 5.92 Å². The highest BCUT2D eigenvalue weighted by atomic mass is 79.9. The molecule has 106 valence electrons. The molecule has 0 radical (unpaired) electrons. The quantitative estimate of drug-likeness (QED) is 0.625. The Bertz CT molecular complexity index is 585. The number of halogens is 1. The van der Waals surface area contributed by atoms with E-state index in [1.54, 1.807) is 25.1 Å². The Hall–Kier alpha value is -1.69. The zero-order valence-corrected chi connectivity index (χ0v) is 12.8. The van der Waals surface area contributed by atoms with Gasteiger partial charge in [-0.05, 0) is 17.7 Å². The fourth-order valence-corrected chi connectivity index (χ4v) is 2.61. The number of amides is 2. The molecule has 1 atom stereocenters. The van der Waals surface area contributed by atoms with Crippen LogP contribution in [0.4, 0.5) is 0 Å². The van der Waals surface area contributed by atoms with E-state index in [2.05, 4.69) is 20.7 Å². The maximum absolute atomic E-state index is 11.9. The second kappa shape index (κ2) is 5.75. The van der Waals surface area contributed by atoms with Crippen LogP contribution in [0.25, 0.3) is 0 Å². The summed E-state index contributed by atoms with van der Waals surface area (Å²) in [4.78, 5) is 36.3. The number of hydrogen-bond acceptors (Lipinski definition) is 4. The number of esters is 1. The molecule has 1 fully saturated rings. The first-order valence-electron chi connectivity index (χ1n) is 6.15. The SMILES string of the molecule is COC(=O)c1ccc(CN2C(=O)CC(C)C2=O)c(Br)c1. The van der Waals surface area contributed by atoms with Crippen LogP contribution in [0.15, 0.2) is 22.7 Å². The molecule has 0 aromatic heterocycles. The zero-order chi connectivity index (χ0) is 14.9. The lowest BCUT2D eigenvalue weighted by atomic mass is 10.1. The Balaban J connectivity index is 2.20.